The molecule has 0 atom stereocenters. The van der Waals surface area contributed by atoms with Crippen molar-refractivity contribution in [3.05, 3.63) is 61.9 Å². The highest BCUT2D eigenvalue weighted by molar-refractivity contribution is 5.47. The summed E-state index contributed by atoms with van der Waals surface area (Å²) >= 11 is 0. The summed E-state index contributed by atoms with van der Waals surface area (Å²) in [6.45, 7) is 2.74. The predicted octanol–water partition coefficient (Wildman–Crippen LogP) is 1.25. The first-order valence-corrected chi connectivity index (χ1v) is 5.27. The maximum absolute atomic E-state index is 11.0. The van der Waals surface area contributed by atoms with Gasteiger partial charge in [0.05, 0.1) is 5.69 Å². The average molecular weight is 215 g/mol. The number of hydrogen-bond donors (Lipinski definition) is 1. The highest BCUT2D eigenvalue weighted by Gasteiger charge is 2.07. The molecule has 0 aliphatic heterocycles. The van der Waals surface area contributed by atoms with Gasteiger partial charge in [0, 0.05) is 12.6 Å². The van der Waals surface area contributed by atoms with Crippen molar-refractivity contribution in [2.24, 2.45) is 0 Å². The molecule has 0 saturated heterocycles. The third-order valence-electron chi connectivity index (χ3n) is 2.71. The van der Waals surface area contributed by atoms with Gasteiger partial charge >= 0.3 is 0 Å². The van der Waals surface area contributed by atoms with Gasteiger partial charge in [-0.2, -0.15) is 0 Å². The van der Waals surface area contributed by atoms with Crippen LogP contribution in [0.5, 0.6) is 0 Å². The maximum atomic E-state index is 11.0. The molecule has 0 aliphatic carbocycles. The van der Waals surface area contributed by atoms with Gasteiger partial charge in [0.25, 0.3) is 0 Å². The van der Waals surface area contributed by atoms with E-state index in [9.17, 15) is 9.59 Å². The fourth-order valence-corrected chi connectivity index (χ4v) is 1.67. The van der Waals surface area contributed by atoms with Crippen molar-refractivity contribution in [1.29, 1.82) is 0 Å². The molecule has 0 saturated carbocycles. The van der Waals surface area contributed by atoms with E-state index in [1.54, 1.807) is 0 Å². The molecule has 16 heavy (non-hydrogen) atoms. The van der Waals surface area contributed by atoms with Gasteiger partial charge in [-0.3, -0.25) is 9.59 Å². The van der Waals surface area contributed by atoms with Crippen LogP contribution in [-0.4, -0.2) is 6.54 Å². The lowest BCUT2D eigenvalue weighted by Gasteiger charge is -2.08. The monoisotopic (exact) mass is 215 g/mol. The van der Waals surface area contributed by atoms with Crippen LogP contribution in [0.1, 0.15) is 11.1 Å². The number of hydrogen-bond acceptors (Lipinski definition) is 3. The lowest BCUT2D eigenvalue weighted by molar-refractivity contribution is 0.999. The molecule has 1 N–H and O–H groups in total. The predicted molar refractivity (Wildman–Crippen MR) is 64.7 cm³/mol. The SMILES string of the molecule is Cc1ccccc1CCNc1cc(=O)c1=O. The van der Waals surface area contributed by atoms with Crippen LogP contribution >= 0.6 is 0 Å². The Morgan fingerprint density at radius 3 is 2.56 bits per heavy atom. The minimum absolute atomic E-state index is 0.398. The number of benzene rings is 1. The van der Waals surface area contributed by atoms with Crippen LogP contribution in [0.4, 0.5) is 5.69 Å². The molecule has 0 amide bonds. The number of anilines is 1. The second-order valence-corrected chi connectivity index (χ2v) is 3.85. The highest BCUT2D eigenvalue weighted by atomic mass is 16.2. The van der Waals surface area contributed by atoms with E-state index in [0.717, 1.165) is 6.42 Å². The highest BCUT2D eigenvalue weighted by Crippen LogP contribution is 2.07. The van der Waals surface area contributed by atoms with E-state index in [0.29, 0.717) is 12.2 Å². The first-order valence-electron chi connectivity index (χ1n) is 5.27. The lowest BCUT2D eigenvalue weighted by Crippen LogP contribution is -2.32. The summed E-state index contributed by atoms with van der Waals surface area (Å²) in [6, 6.07) is 9.48. The summed E-state index contributed by atoms with van der Waals surface area (Å²) in [5.74, 6) is 0. The van der Waals surface area contributed by atoms with Gasteiger partial charge in [-0.05, 0) is 24.5 Å². The Bertz CT molecular complexity index is 565. The minimum atomic E-state index is -0.404. The van der Waals surface area contributed by atoms with Crippen molar-refractivity contribution < 1.29 is 0 Å². The second kappa shape index (κ2) is 4.31. The Morgan fingerprint density at radius 2 is 1.94 bits per heavy atom. The molecule has 2 aromatic carbocycles. The summed E-state index contributed by atoms with van der Waals surface area (Å²) in [4.78, 5) is 21.7. The van der Waals surface area contributed by atoms with Crippen LogP contribution in [0.3, 0.4) is 0 Å². The minimum Gasteiger partial charge on any atom is -0.381 e. The first-order chi connectivity index (χ1) is 7.68. The van der Waals surface area contributed by atoms with E-state index < -0.39 is 10.9 Å². The molecule has 0 aliphatic rings. The van der Waals surface area contributed by atoms with Crippen LogP contribution in [0.15, 0.2) is 39.9 Å². The van der Waals surface area contributed by atoms with Crippen LogP contribution in [-0.2, 0) is 6.42 Å². The van der Waals surface area contributed by atoms with E-state index in [1.165, 1.54) is 17.2 Å². The van der Waals surface area contributed by atoms with Gasteiger partial charge in [-0.15, -0.1) is 0 Å². The molecule has 0 radical (unpaired) electrons. The van der Waals surface area contributed by atoms with Gasteiger partial charge in [0.2, 0.25) is 10.9 Å². The zero-order valence-electron chi connectivity index (χ0n) is 9.12. The zero-order chi connectivity index (χ0) is 11.5. The Morgan fingerprint density at radius 1 is 1.19 bits per heavy atom. The number of nitrogens with one attached hydrogen (secondary N) is 1. The molecular weight excluding hydrogens is 202 g/mol. The van der Waals surface area contributed by atoms with Gasteiger partial charge < -0.3 is 5.32 Å². The molecule has 0 unspecified atom stereocenters. The Balaban J connectivity index is 1.90. The van der Waals surface area contributed by atoms with E-state index >= 15 is 0 Å². The van der Waals surface area contributed by atoms with Gasteiger partial charge in [0.15, 0.2) is 0 Å². The van der Waals surface area contributed by atoms with Crippen molar-refractivity contribution >= 4 is 5.69 Å². The fraction of sp³-hybridized carbons (Fsp3) is 0.231. The smallest absolute Gasteiger partial charge is 0.248 e. The van der Waals surface area contributed by atoms with Gasteiger partial charge in [-0.1, -0.05) is 24.3 Å². The molecule has 3 heteroatoms. The lowest BCUT2D eigenvalue weighted by atomic mass is 10.1. The molecule has 3 nitrogen and oxygen atoms in total. The van der Waals surface area contributed by atoms with Crippen LogP contribution in [0, 0.1) is 6.92 Å². The van der Waals surface area contributed by atoms with Crippen molar-refractivity contribution in [1.82, 2.24) is 0 Å². The molecule has 0 aromatic heterocycles. The number of rotatable bonds is 4. The second-order valence-electron chi connectivity index (χ2n) is 3.85. The molecular formula is C13H13NO2. The largest absolute Gasteiger partial charge is 0.381 e. The van der Waals surface area contributed by atoms with Crippen molar-refractivity contribution in [3.8, 4) is 0 Å². The summed E-state index contributed by atoms with van der Waals surface area (Å²) in [7, 11) is 0. The quantitative estimate of drug-likeness (QED) is 0.781. The van der Waals surface area contributed by atoms with Crippen LogP contribution < -0.4 is 16.2 Å². The summed E-state index contributed by atoms with van der Waals surface area (Å²) < 4.78 is 0. The molecule has 0 fully saturated rings. The summed E-state index contributed by atoms with van der Waals surface area (Å²) in [5.41, 5.74) is 2.14. The van der Waals surface area contributed by atoms with E-state index in [4.69, 9.17) is 0 Å². The maximum Gasteiger partial charge on any atom is 0.248 e. The van der Waals surface area contributed by atoms with E-state index in [-0.39, 0.29) is 0 Å². The van der Waals surface area contributed by atoms with Crippen LogP contribution in [0.2, 0.25) is 0 Å². The third kappa shape index (κ3) is 2.03. The van der Waals surface area contributed by atoms with Gasteiger partial charge in [-0.25, -0.2) is 0 Å². The average Bonchev–Trinajstić information content (AvgIpc) is 2.30. The van der Waals surface area contributed by atoms with Crippen molar-refractivity contribution in [2.45, 2.75) is 13.3 Å². The topological polar surface area (TPSA) is 46.2 Å². The van der Waals surface area contributed by atoms with E-state index in [1.807, 2.05) is 12.1 Å². The van der Waals surface area contributed by atoms with Crippen LogP contribution in [0.25, 0.3) is 0 Å². The molecule has 0 spiro atoms. The number of aryl methyl sites for hydroxylation is 1. The van der Waals surface area contributed by atoms with Crippen molar-refractivity contribution in [2.75, 3.05) is 11.9 Å². The Hall–Kier alpha value is -1.90. The molecule has 82 valence electrons. The fourth-order valence-electron chi connectivity index (χ4n) is 1.67. The van der Waals surface area contributed by atoms with Gasteiger partial charge in [0.1, 0.15) is 0 Å². The van der Waals surface area contributed by atoms with E-state index in [2.05, 4.69) is 24.4 Å². The molecule has 0 heterocycles. The zero-order valence-corrected chi connectivity index (χ0v) is 9.12. The van der Waals surface area contributed by atoms with Crippen molar-refractivity contribution in [3.63, 3.8) is 0 Å². The Labute approximate surface area is 93.4 Å². The Kier molecular flexibility index (Phi) is 2.86. The normalized spacial score (nSPS) is 10.6. The molecule has 2 rings (SSSR count). The summed E-state index contributed by atoms with van der Waals surface area (Å²) in [6.07, 6.45) is 0.853. The first kappa shape index (κ1) is 10.6. The molecule has 2 aromatic rings. The summed E-state index contributed by atoms with van der Waals surface area (Å²) in [5, 5.41) is 2.97. The molecule has 0 bridgehead atoms. The standard InChI is InChI=1S/C13H13NO2/c1-9-4-2-3-5-10(9)6-7-14-11-8-12(15)13(11)16/h2-5,8,14H,6-7H2,1H3. The third-order valence-corrected chi connectivity index (χ3v) is 2.71.